The van der Waals surface area contributed by atoms with Gasteiger partial charge in [-0.15, -0.1) is 0 Å². The van der Waals surface area contributed by atoms with Crippen molar-refractivity contribution in [3.63, 3.8) is 0 Å². The number of hydrogen-bond acceptors (Lipinski definition) is 3. The second-order valence-electron chi connectivity index (χ2n) is 7.71. The van der Waals surface area contributed by atoms with Crippen LogP contribution in [-0.2, 0) is 20.6 Å². The number of nitrogens with zero attached hydrogens (tertiary/aromatic N) is 3. The van der Waals surface area contributed by atoms with Crippen molar-refractivity contribution in [3.05, 3.63) is 92.3 Å². The van der Waals surface area contributed by atoms with Crippen molar-refractivity contribution in [3.8, 4) is 11.3 Å². The number of halogens is 2. The van der Waals surface area contributed by atoms with Gasteiger partial charge < -0.3 is 9.88 Å². The molecule has 1 N–H and O–H groups in total. The van der Waals surface area contributed by atoms with E-state index in [1.807, 2.05) is 34.9 Å². The molecule has 2 aromatic heterocycles. The highest BCUT2D eigenvalue weighted by Gasteiger charge is 2.33. The molecule has 31 heavy (non-hydrogen) atoms. The Kier molecular flexibility index (Phi) is 4.40. The second-order valence-corrected chi connectivity index (χ2v) is 7.71. The lowest BCUT2D eigenvalue weighted by Crippen LogP contribution is -2.38. The molecule has 1 unspecified atom stereocenters. The molecule has 0 radical (unpaired) electrons. The van der Waals surface area contributed by atoms with Gasteiger partial charge in [-0.2, -0.15) is 0 Å². The Hall–Kier alpha value is -3.52. The smallest absolute Gasteiger partial charge is 0.331 e. The minimum Gasteiger partial charge on any atom is -0.339 e. The lowest BCUT2D eigenvalue weighted by atomic mass is 10.00. The number of hydrogen-bond donors (Lipinski definition) is 1. The molecule has 5 rings (SSSR count). The topological polar surface area (TPSA) is 61.0 Å². The Bertz CT molecular complexity index is 1450. The zero-order valence-electron chi connectivity index (χ0n) is 17.0. The van der Waals surface area contributed by atoms with E-state index in [4.69, 9.17) is 0 Å². The molecule has 4 aromatic rings. The largest absolute Gasteiger partial charge is 0.339 e. The van der Waals surface area contributed by atoms with Crippen LogP contribution < -0.4 is 16.6 Å². The molecule has 0 bridgehead atoms. The average Bonchev–Trinajstić information content (AvgIpc) is 3.14. The first kappa shape index (κ1) is 19.4. The van der Waals surface area contributed by atoms with E-state index in [1.54, 1.807) is 7.05 Å². The van der Waals surface area contributed by atoms with Gasteiger partial charge in [-0.3, -0.25) is 13.9 Å². The second kappa shape index (κ2) is 7.02. The van der Waals surface area contributed by atoms with E-state index in [9.17, 15) is 18.4 Å². The standard InChI is InChI=1S/C23H20F2N4O2/c1-27-20-16(22(30)28(2)23(27)31)19(13-7-4-3-5-8-13)29-12-11-26-18(21(20)29)14-9-6-10-15(24)17(14)25/h3-10,18,26H,11-12H2,1-2H3. The summed E-state index contributed by atoms with van der Waals surface area (Å²) in [4.78, 5) is 26.0. The van der Waals surface area contributed by atoms with Gasteiger partial charge in [-0.1, -0.05) is 42.5 Å². The fraction of sp³-hybridized carbons (Fsp3) is 0.217. The van der Waals surface area contributed by atoms with Gasteiger partial charge in [0.1, 0.15) is 0 Å². The Morgan fingerprint density at radius 3 is 2.45 bits per heavy atom. The van der Waals surface area contributed by atoms with Gasteiger partial charge in [-0.25, -0.2) is 13.6 Å². The molecule has 158 valence electrons. The van der Waals surface area contributed by atoms with Crippen LogP contribution in [0.5, 0.6) is 0 Å². The maximum atomic E-state index is 14.8. The Balaban J connectivity index is 1.97. The van der Waals surface area contributed by atoms with Crippen molar-refractivity contribution in [1.29, 1.82) is 0 Å². The minimum atomic E-state index is -0.946. The van der Waals surface area contributed by atoms with Gasteiger partial charge in [0.2, 0.25) is 0 Å². The van der Waals surface area contributed by atoms with E-state index in [-0.39, 0.29) is 5.56 Å². The minimum absolute atomic E-state index is 0.132. The predicted molar refractivity (Wildman–Crippen MR) is 114 cm³/mol. The maximum Gasteiger partial charge on any atom is 0.331 e. The summed E-state index contributed by atoms with van der Waals surface area (Å²) in [5, 5.41) is 3.63. The average molecular weight is 422 g/mol. The summed E-state index contributed by atoms with van der Waals surface area (Å²) < 4.78 is 33.2. The van der Waals surface area contributed by atoms with Gasteiger partial charge in [0.25, 0.3) is 5.56 Å². The molecule has 2 aromatic carbocycles. The van der Waals surface area contributed by atoms with Crippen molar-refractivity contribution in [2.24, 2.45) is 14.1 Å². The molecular formula is C23H20F2N4O2. The van der Waals surface area contributed by atoms with Gasteiger partial charge in [0, 0.05) is 32.7 Å². The maximum absolute atomic E-state index is 14.8. The van der Waals surface area contributed by atoms with Gasteiger partial charge in [-0.05, 0) is 11.6 Å². The summed E-state index contributed by atoms with van der Waals surface area (Å²) in [6, 6.07) is 12.7. The first-order chi connectivity index (χ1) is 14.9. The van der Waals surface area contributed by atoms with Crippen LogP contribution in [0.1, 0.15) is 17.3 Å². The highest BCUT2D eigenvalue weighted by atomic mass is 19.2. The Morgan fingerprint density at radius 2 is 1.71 bits per heavy atom. The molecule has 0 fully saturated rings. The van der Waals surface area contributed by atoms with Gasteiger partial charge >= 0.3 is 5.69 Å². The fourth-order valence-electron chi connectivity index (χ4n) is 4.58. The Labute approximate surface area is 176 Å². The normalized spacial score (nSPS) is 15.9. The predicted octanol–water partition coefficient (Wildman–Crippen LogP) is 2.68. The summed E-state index contributed by atoms with van der Waals surface area (Å²) in [7, 11) is 3.03. The summed E-state index contributed by atoms with van der Waals surface area (Å²) >= 11 is 0. The van der Waals surface area contributed by atoms with E-state index in [0.29, 0.717) is 35.4 Å². The van der Waals surface area contributed by atoms with Crippen molar-refractivity contribution < 1.29 is 8.78 Å². The number of aromatic nitrogens is 3. The van der Waals surface area contributed by atoms with E-state index < -0.39 is 28.9 Å². The van der Waals surface area contributed by atoms with Crippen molar-refractivity contribution >= 4 is 10.9 Å². The molecule has 0 aliphatic carbocycles. The highest BCUT2D eigenvalue weighted by Crippen LogP contribution is 2.39. The number of aryl methyl sites for hydroxylation is 1. The first-order valence-corrected chi connectivity index (χ1v) is 9.96. The summed E-state index contributed by atoms with van der Waals surface area (Å²) in [5.41, 5.74) is 1.72. The molecule has 8 heteroatoms. The molecule has 0 amide bonds. The van der Waals surface area contributed by atoms with Crippen molar-refractivity contribution in [1.82, 2.24) is 19.0 Å². The van der Waals surface area contributed by atoms with Gasteiger partial charge in [0.15, 0.2) is 11.6 Å². The number of fused-ring (bicyclic) bond motifs is 3. The van der Waals surface area contributed by atoms with Crippen LogP contribution in [0, 0.1) is 11.6 Å². The molecule has 0 saturated heterocycles. The number of nitrogens with one attached hydrogen (secondary N) is 1. The molecule has 1 atom stereocenters. The first-order valence-electron chi connectivity index (χ1n) is 9.96. The van der Waals surface area contributed by atoms with Crippen LogP contribution in [0.2, 0.25) is 0 Å². The van der Waals surface area contributed by atoms with E-state index in [1.165, 1.54) is 23.7 Å². The Morgan fingerprint density at radius 1 is 0.968 bits per heavy atom. The number of rotatable bonds is 2. The molecule has 1 aliphatic rings. The zero-order valence-corrected chi connectivity index (χ0v) is 17.0. The third-order valence-corrected chi connectivity index (χ3v) is 6.00. The molecule has 6 nitrogen and oxygen atoms in total. The third kappa shape index (κ3) is 2.71. The van der Waals surface area contributed by atoms with Crippen LogP contribution in [0.3, 0.4) is 0 Å². The quantitative estimate of drug-likeness (QED) is 0.540. The van der Waals surface area contributed by atoms with Crippen LogP contribution in [-0.4, -0.2) is 20.2 Å². The number of benzene rings is 2. The van der Waals surface area contributed by atoms with Crippen molar-refractivity contribution in [2.45, 2.75) is 12.6 Å². The summed E-state index contributed by atoms with van der Waals surface area (Å²) in [6.45, 7) is 1.00. The molecule has 0 spiro atoms. The monoisotopic (exact) mass is 422 g/mol. The molecular weight excluding hydrogens is 402 g/mol. The van der Waals surface area contributed by atoms with E-state index in [2.05, 4.69) is 5.32 Å². The molecule has 0 saturated carbocycles. The zero-order chi connectivity index (χ0) is 21.9. The molecule has 3 heterocycles. The fourth-order valence-corrected chi connectivity index (χ4v) is 4.58. The summed E-state index contributed by atoms with van der Waals surface area (Å²) in [6.07, 6.45) is 0. The SMILES string of the molecule is Cn1c(=O)c2c(-c3ccccc3)n3c(c2n(C)c1=O)C(c1cccc(F)c1F)NCC3. The summed E-state index contributed by atoms with van der Waals surface area (Å²) in [5.74, 6) is -1.89. The van der Waals surface area contributed by atoms with Crippen LogP contribution >= 0.6 is 0 Å². The van der Waals surface area contributed by atoms with E-state index in [0.717, 1.165) is 16.2 Å². The molecule has 1 aliphatic heterocycles. The lowest BCUT2D eigenvalue weighted by Gasteiger charge is -2.28. The van der Waals surface area contributed by atoms with Crippen LogP contribution in [0.25, 0.3) is 22.2 Å². The highest BCUT2D eigenvalue weighted by molar-refractivity contribution is 5.96. The van der Waals surface area contributed by atoms with Crippen LogP contribution in [0.15, 0.2) is 58.1 Å². The van der Waals surface area contributed by atoms with Crippen molar-refractivity contribution in [2.75, 3.05) is 6.54 Å². The van der Waals surface area contributed by atoms with Gasteiger partial charge in [0.05, 0.1) is 28.3 Å². The third-order valence-electron chi connectivity index (χ3n) is 6.00. The van der Waals surface area contributed by atoms with Crippen LogP contribution in [0.4, 0.5) is 8.78 Å². The lowest BCUT2D eigenvalue weighted by molar-refractivity contribution is 0.439. The van der Waals surface area contributed by atoms with E-state index >= 15 is 0 Å².